The van der Waals surface area contributed by atoms with Crippen LogP contribution in [0.25, 0.3) is 0 Å². The molecular formula is C9H15NO5. The summed E-state index contributed by atoms with van der Waals surface area (Å²) < 4.78 is 4.99. The Morgan fingerprint density at radius 3 is 2.67 bits per heavy atom. The summed E-state index contributed by atoms with van der Waals surface area (Å²) in [4.78, 5) is 26.9. The summed E-state index contributed by atoms with van der Waals surface area (Å²) in [6, 6.07) is -0.874. The van der Waals surface area contributed by atoms with E-state index in [-0.39, 0.29) is 12.3 Å². The minimum Gasteiger partial charge on any atom is -0.480 e. The van der Waals surface area contributed by atoms with E-state index in [1.165, 1.54) is 7.11 Å². The Balaban J connectivity index is 2.83. The Kier molecular flexibility index (Phi) is 3.65. The SMILES string of the molecule is COC1CC(=O)ON1C(C(=O)O)C(C)C. The van der Waals surface area contributed by atoms with Gasteiger partial charge in [-0.1, -0.05) is 18.9 Å². The molecule has 1 aliphatic rings. The van der Waals surface area contributed by atoms with E-state index in [4.69, 9.17) is 14.7 Å². The lowest BCUT2D eigenvalue weighted by Gasteiger charge is -2.28. The summed E-state index contributed by atoms with van der Waals surface area (Å²) >= 11 is 0. The molecule has 0 aromatic heterocycles. The van der Waals surface area contributed by atoms with Gasteiger partial charge in [-0.25, -0.2) is 0 Å². The molecule has 1 N–H and O–H groups in total. The lowest BCUT2D eigenvalue weighted by atomic mass is 10.0. The van der Waals surface area contributed by atoms with E-state index < -0.39 is 24.2 Å². The van der Waals surface area contributed by atoms with Gasteiger partial charge in [0.25, 0.3) is 0 Å². The zero-order valence-corrected chi connectivity index (χ0v) is 8.97. The molecule has 0 radical (unpaired) electrons. The maximum Gasteiger partial charge on any atom is 0.329 e. The van der Waals surface area contributed by atoms with E-state index in [9.17, 15) is 9.59 Å². The van der Waals surface area contributed by atoms with Gasteiger partial charge in [0.15, 0.2) is 6.23 Å². The maximum absolute atomic E-state index is 11.0. The molecule has 0 amide bonds. The molecule has 0 aromatic carbocycles. The van der Waals surface area contributed by atoms with E-state index in [1.54, 1.807) is 13.8 Å². The molecule has 6 heteroatoms. The van der Waals surface area contributed by atoms with Crippen LogP contribution in [-0.2, 0) is 19.2 Å². The zero-order valence-electron chi connectivity index (χ0n) is 8.97. The lowest BCUT2D eigenvalue weighted by Crippen LogP contribution is -2.47. The number of hydrogen-bond acceptors (Lipinski definition) is 5. The predicted molar refractivity (Wildman–Crippen MR) is 49.6 cm³/mol. The van der Waals surface area contributed by atoms with Gasteiger partial charge in [0.2, 0.25) is 0 Å². The quantitative estimate of drug-likeness (QED) is 0.726. The average Bonchev–Trinajstić information content (AvgIpc) is 2.45. The van der Waals surface area contributed by atoms with Crippen molar-refractivity contribution in [2.24, 2.45) is 5.92 Å². The van der Waals surface area contributed by atoms with Crippen LogP contribution in [0, 0.1) is 5.92 Å². The maximum atomic E-state index is 11.0. The van der Waals surface area contributed by atoms with Crippen molar-refractivity contribution in [1.29, 1.82) is 0 Å². The Labute approximate surface area is 87.7 Å². The van der Waals surface area contributed by atoms with Crippen molar-refractivity contribution >= 4 is 11.9 Å². The molecule has 15 heavy (non-hydrogen) atoms. The molecule has 1 fully saturated rings. The molecule has 2 unspecified atom stereocenters. The van der Waals surface area contributed by atoms with Crippen LogP contribution in [0.2, 0.25) is 0 Å². The van der Waals surface area contributed by atoms with Crippen molar-refractivity contribution in [2.45, 2.75) is 32.5 Å². The third-order valence-corrected chi connectivity index (χ3v) is 2.26. The number of carboxylic acid groups (broad SMARTS) is 1. The van der Waals surface area contributed by atoms with Gasteiger partial charge < -0.3 is 14.7 Å². The normalized spacial score (nSPS) is 24.3. The number of rotatable bonds is 4. The second-order valence-electron chi connectivity index (χ2n) is 3.74. The number of aliphatic carboxylic acids is 1. The molecule has 6 nitrogen and oxygen atoms in total. The third-order valence-electron chi connectivity index (χ3n) is 2.26. The number of carbonyl (C=O) groups excluding carboxylic acids is 1. The molecule has 1 aliphatic heterocycles. The van der Waals surface area contributed by atoms with Crippen LogP contribution in [0.1, 0.15) is 20.3 Å². The Hall–Kier alpha value is -1.14. The van der Waals surface area contributed by atoms with Gasteiger partial charge in [-0.15, -0.1) is 0 Å². The summed E-state index contributed by atoms with van der Waals surface area (Å²) in [7, 11) is 1.42. The van der Waals surface area contributed by atoms with Crippen LogP contribution in [0.5, 0.6) is 0 Å². The molecule has 0 spiro atoms. The highest BCUT2D eigenvalue weighted by atomic mass is 16.8. The highest BCUT2D eigenvalue weighted by Gasteiger charge is 2.42. The fourth-order valence-corrected chi connectivity index (χ4v) is 1.56. The van der Waals surface area contributed by atoms with Gasteiger partial charge in [-0.05, 0) is 5.92 Å². The first-order valence-corrected chi connectivity index (χ1v) is 4.72. The summed E-state index contributed by atoms with van der Waals surface area (Å²) in [5.41, 5.74) is 0. The van der Waals surface area contributed by atoms with Crippen LogP contribution in [0.3, 0.4) is 0 Å². The van der Waals surface area contributed by atoms with E-state index >= 15 is 0 Å². The first kappa shape index (κ1) is 11.9. The van der Waals surface area contributed by atoms with Gasteiger partial charge in [-0.3, -0.25) is 9.59 Å². The first-order valence-electron chi connectivity index (χ1n) is 4.72. The number of carboxylic acids is 1. The summed E-state index contributed by atoms with van der Waals surface area (Å²) in [5.74, 6) is -1.67. The molecule has 1 rings (SSSR count). The molecule has 0 saturated carbocycles. The van der Waals surface area contributed by atoms with Crippen molar-refractivity contribution < 1.29 is 24.3 Å². The van der Waals surface area contributed by atoms with Crippen molar-refractivity contribution in [3.8, 4) is 0 Å². The number of nitrogens with zero attached hydrogens (tertiary/aromatic N) is 1. The van der Waals surface area contributed by atoms with Crippen molar-refractivity contribution in [3.63, 3.8) is 0 Å². The highest BCUT2D eigenvalue weighted by molar-refractivity contribution is 5.76. The van der Waals surface area contributed by atoms with Crippen molar-refractivity contribution in [2.75, 3.05) is 7.11 Å². The predicted octanol–water partition coefficient (Wildman–Crippen LogP) is 0.232. The van der Waals surface area contributed by atoms with E-state index in [1.807, 2.05) is 0 Å². The number of ether oxygens (including phenoxy) is 1. The first-order chi connectivity index (χ1) is 6.97. The number of hydroxylamine groups is 2. The summed E-state index contributed by atoms with van der Waals surface area (Å²) in [5, 5.41) is 10.1. The summed E-state index contributed by atoms with van der Waals surface area (Å²) in [6.07, 6.45) is -0.548. The van der Waals surface area contributed by atoms with E-state index in [0.29, 0.717) is 0 Å². The second-order valence-corrected chi connectivity index (χ2v) is 3.74. The monoisotopic (exact) mass is 217 g/mol. The molecule has 0 aromatic rings. The molecule has 1 saturated heterocycles. The van der Waals surface area contributed by atoms with Crippen molar-refractivity contribution in [1.82, 2.24) is 5.06 Å². The van der Waals surface area contributed by atoms with Gasteiger partial charge >= 0.3 is 11.9 Å². The molecule has 0 aliphatic carbocycles. The Bertz CT molecular complexity index is 265. The van der Waals surface area contributed by atoms with Crippen molar-refractivity contribution in [3.05, 3.63) is 0 Å². The van der Waals surface area contributed by atoms with Crippen LogP contribution < -0.4 is 0 Å². The standard InChI is InChI=1S/C9H15NO5/c1-5(2)8(9(12)13)10-6(14-3)4-7(11)15-10/h5-6,8H,4H2,1-3H3,(H,12,13). The second kappa shape index (κ2) is 4.59. The third kappa shape index (κ3) is 2.45. The average molecular weight is 217 g/mol. The minimum atomic E-state index is -1.03. The van der Waals surface area contributed by atoms with Crippen LogP contribution in [0.15, 0.2) is 0 Å². The molecular weight excluding hydrogens is 202 g/mol. The Morgan fingerprint density at radius 2 is 2.27 bits per heavy atom. The lowest BCUT2D eigenvalue weighted by molar-refractivity contribution is -0.225. The van der Waals surface area contributed by atoms with Crippen LogP contribution in [-0.4, -0.2) is 41.5 Å². The summed E-state index contributed by atoms with van der Waals surface area (Å²) in [6.45, 7) is 3.50. The smallest absolute Gasteiger partial charge is 0.329 e. The Morgan fingerprint density at radius 1 is 1.67 bits per heavy atom. The minimum absolute atomic E-state index is 0.0625. The largest absolute Gasteiger partial charge is 0.480 e. The van der Waals surface area contributed by atoms with E-state index in [2.05, 4.69) is 0 Å². The van der Waals surface area contributed by atoms with Crippen LogP contribution >= 0.6 is 0 Å². The van der Waals surface area contributed by atoms with Gasteiger partial charge in [0.05, 0.1) is 6.42 Å². The number of methoxy groups -OCH3 is 1. The molecule has 0 bridgehead atoms. The molecule has 86 valence electrons. The van der Waals surface area contributed by atoms with Crippen LogP contribution in [0.4, 0.5) is 0 Å². The molecule has 1 heterocycles. The fraction of sp³-hybridized carbons (Fsp3) is 0.778. The topological polar surface area (TPSA) is 76.1 Å². The van der Waals surface area contributed by atoms with E-state index in [0.717, 1.165) is 5.06 Å². The van der Waals surface area contributed by atoms with Gasteiger partial charge in [-0.2, -0.15) is 0 Å². The number of carbonyl (C=O) groups is 2. The fourth-order valence-electron chi connectivity index (χ4n) is 1.56. The highest BCUT2D eigenvalue weighted by Crippen LogP contribution is 2.23. The van der Waals surface area contributed by atoms with Gasteiger partial charge in [0, 0.05) is 7.11 Å². The molecule has 2 atom stereocenters. The van der Waals surface area contributed by atoms with Gasteiger partial charge in [0.1, 0.15) is 6.04 Å². The number of hydrogen-bond donors (Lipinski definition) is 1. The zero-order chi connectivity index (χ0) is 11.6.